The zero-order valence-electron chi connectivity index (χ0n) is 20.5. The fraction of sp³-hybridized carbons (Fsp3) is 0.481. The molecule has 5 nitrogen and oxygen atoms in total. The molecule has 1 N–H and O–H groups in total. The van der Waals surface area contributed by atoms with Crippen LogP contribution in [0.1, 0.15) is 60.9 Å². The molecule has 5 heteroatoms. The van der Waals surface area contributed by atoms with Gasteiger partial charge in [-0.1, -0.05) is 56.2 Å². The van der Waals surface area contributed by atoms with Crippen LogP contribution in [-0.2, 0) is 16.1 Å². The van der Waals surface area contributed by atoms with Crippen LogP contribution in [0.5, 0.6) is 5.75 Å². The van der Waals surface area contributed by atoms with Gasteiger partial charge in [-0.05, 0) is 68.9 Å². The Hall–Kier alpha value is -2.82. The Morgan fingerprint density at radius 1 is 1.03 bits per heavy atom. The number of aryl methyl sites for hydroxylation is 3. The molecule has 0 spiro atoms. The van der Waals surface area contributed by atoms with Crippen molar-refractivity contribution in [1.29, 1.82) is 0 Å². The van der Waals surface area contributed by atoms with Crippen LogP contribution in [0.3, 0.4) is 0 Å². The van der Waals surface area contributed by atoms with Crippen LogP contribution in [0.2, 0.25) is 0 Å². The minimum absolute atomic E-state index is 0.103. The molecule has 0 aromatic heterocycles. The van der Waals surface area contributed by atoms with Crippen molar-refractivity contribution in [2.75, 3.05) is 13.2 Å². The van der Waals surface area contributed by atoms with E-state index in [2.05, 4.69) is 24.4 Å². The van der Waals surface area contributed by atoms with Crippen LogP contribution in [0.4, 0.5) is 0 Å². The Labute approximate surface area is 193 Å². The number of hydrogen-bond donors (Lipinski definition) is 1. The number of unbranched alkanes of at least 4 members (excludes halogenated alkanes) is 1. The molecule has 0 bridgehead atoms. The molecule has 2 aromatic rings. The maximum atomic E-state index is 13.3. The molecule has 2 amide bonds. The second-order valence-corrected chi connectivity index (χ2v) is 8.57. The lowest BCUT2D eigenvalue weighted by atomic mass is 10.1. The minimum atomic E-state index is -0.538. The van der Waals surface area contributed by atoms with E-state index in [1.54, 1.807) is 4.90 Å². The lowest BCUT2D eigenvalue weighted by Crippen LogP contribution is -2.50. The normalized spacial score (nSPS) is 11.7. The lowest BCUT2D eigenvalue weighted by molar-refractivity contribution is -0.143. The van der Waals surface area contributed by atoms with Gasteiger partial charge in [-0.2, -0.15) is 0 Å². The summed E-state index contributed by atoms with van der Waals surface area (Å²) in [5.41, 5.74) is 5.37. The molecule has 0 aliphatic carbocycles. The van der Waals surface area contributed by atoms with Gasteiger partial charge >= 0.3 is 0 Å². The molecule has 1 atom stereocenters. The number of nitrogens with one attached hydrogen (secondary N) is 1. The number of carbonyl (C=O) groups excluding carboxylic acids is 2. The van der Waals surface area contributed by atoms with E-state index in [0.717, 1.165) is 40.7 Å². The SMILES string of the molecule is CCCCNC(=O)[C@H](CC)N(Cc1cccc(C)c1)C(=O)COc1cc(C)cc(C)c1C. The zero-order chi connectivity index (χ0) is 23.7. The summed E-state index contributed by atoms with van der Waals surface area (Å²) in [6.45, 7) is 13.0. The first kappa shape index (κ1) is 25.4. The van der Waals surface area contributed by atoms with Crippen LogP contribution in [0.25, 0.3) is 0 Å². The summed E-state index contributed by atoms with van der Waals surface area (Å²) in [7, 11) is 0. The van der Waals surface area contributed by atoms with Gasteiger partial charge in [-0.15, -0.1) is 0 Å². The highest BCUT2D eigenvalue weighted by molar-refractivity contribution is 5.88. The summed E-state index contributed by atoms with van der Waals surface area (Å²) in [6, 6.07) is 11.6. The van der Waals surface area contributed by atoms with Crippen molar-refractivity contribution in [2.45, 2.75) is 73.4 Å². The van der Waals surface area contributed by atoms with E-state index >= 15 is 0 Å². The number of carbonyl (C=O) groups is 2. The quantitative estimate of drug-likeness (QED) is 0.501. The fourth-order valence-electron chi connectivity index (χ4n) is 3.81. The number of nitrogens with zero attached hydrogens (tertiary/aromatic N) is 1. The standard InChI is InChI=1S/C27H38N2O3/c1-7-9-13-28-27(31)24(8-2)29(17-23-12-10-11-19(3)15-23)26(30)18-32-25-16-20(4)14-21(5)22(25)6/h10-12,14-16,24H,7-9,13,17-18H2,1-6H3,(H,28,31)/t24-/m0/s1. The van der Waals surface area contributed by atoms with E-state index in [1.165, 1.54) is 0 Å². The second kappa shape index (κ2) is 12.3. The molecule has 174 valence electrons. The summed E-state index contributed by atoms with van der Waals surface area (Å²) in [4.78, 5) is 27.9. The van der Waals surface area contributed by atoms with Crippen molar-refractivity contribution < 1.29 is 14.3 Å². The molecule has 0 saturated heterocycles. The maximum Gasteiger partial charge on any atom is 0.261 e. The van der Waals surface area contributed by atoms with E-state index in [9.17, 15) is 9.59 Å². The first-order valence-electron chi connectivity index (χ1n) is 11.6. The maximum absolute atomic E-state index is 13.3. The van der Waals surface area contributed by atoms with Crippen molar-refractivity contribution >= 4 is 11.8 Å². The predicted molar refractivity (Wildman–Crippen MR) is 130 cm³/mol. The number of rotatable bonds is 11. The van der Waals surface area contributed by atoms with Crippen molar-refractivity contribution in [1.82, 2.24) is 10.2 Å². The van der Waals surface area contributed by atoms with Gasteiger partial charge in [0, 0.05) is 13.1 Å². The minimum Gasteiger partial charge on any atom is -0.483 e. The first-order chi connectivity index (χ1) is 15.3. The molecule has 2 rings (SSSR count). The van der Waals surface area contributed by atoms with Gasteiger partial charge < -0.3 is 15.0 Å². The third kappa shape index (κ3) is 7.11. The van der Waals surface area contributed by atoms with Crippen LogP contribution >= 0.6 is 0 Å². The highest BCUT2D eigenvalue weighted by atomic mass is 16.5. The zero-order valence-corrected chi connectivity index (χ0v) is 20.5. The van der Waals surface area contributed by atoms with Crippen LogP contribution in [-0.4, -0.2) is 35.9 Å². The van der Waals surface area contributed by atoms with Crippen molar-refractivity contribution in [3.63, 3.8) is 0 Å². The van der Waals surface area contributed by atoms with Gasteiger partial charge in [0.25, 0.3) is 5.91 Å². The Morgan fingerprint density at radius 3 is 2.44 bits per heavy atom. The molecule has 0 fully saturated rings. The highest BCUT2D eigenvalue weighted by Crippen LogP contribution is 2.23. The summed E-state index contributed by atoms with van der Waals surface area (Å²) in [6.07, 6.45) is 2.47. The number of amides is 2. The van der Waals surface area contributed by atoms with Crippen LogP contribution in [0, 0.1) is 27.7 Å². The summed E-state index contributed by atoms with van der Waals surface area (Å²) in [5, 5.41) is 2.99. The van der Waals surface area contributed by atoms with E-state index in [-0.39, 0.29) is 18.4 Å². The van der Waals surface area contributed by atoms with Gasteiger partial charge in [0.05, 0.1) is 0 Å². The van der Waals surface area contributed by atoms with E-state index in [1.807, 2.05) is 58.9 Å². The molecule has 0 radical (unpaired) electrons. The molecule has 0 heterocycles. The van der Waals surface area contributed by atoms with Gasteiger partial charge in [0.2, 0.25) is 5.91 Å². The van der Waals surface area contributed by atoms with Crippen LogP contribution in [0.15, 0.2) is 36.4 Å². The topological polar surface area (TPSA) is 58.6 Å². The Balaban J connectivity index is 2.23. The third-order valence-electron chi connectivity index (χ3n) is 5.77. The summed E-state index contributed by atoms with van der Waals surface area (Å²) in [5.74, 6) is 0.416. The summed E-state index contributed by atoms with van der Waals surface area (Å²) >= 11 is 0. The number of benzene rings is 2. The highest BCUT2D eigenvalue weighted by Gasteiger charge is 2.29. The average Bonchev–Trinajstić information content (AvgIpc) is 2.75. The number of ether oxygens (including phenoxy) is 1. The Morgan fingerprint density at radius 2 is 1.78 bits per heavy atom. The van der Waals surface area contributed by atoms with Gasteiger partial charge in [0.1, 0.15) is 11.8 Å². The Bertz CT molecular complexity index is 923. The molecular weight excluding hydrogens is 400 g/mol. The van der Waals surface area contributed by atoms with E-state index in [4.69, 9.17) is 4.74 Å². The van der Waals surface area contributed by atoms with Crippen molar-refractivity contribution in [3.05, 3.63) is 64.2 Å². The average molecular weight is 439 g/mol. The largest absolute Gasteiger partial charge is 0.483 e. The van der Waals surface area contributed by atoms with Crippen molar-refractivity contribution in [3.8, 4) is 5.75 Å². The van der Waals surface area contributed by atoms with Crippen molar-refractivity contribution in [2.24, 2.45) is 0 Å². The monoisotopic (exact) mass is 438 g/mol. The molecule has 0 aliphatic rings. The second-order valence-electron chi connectivity index (χ2n) is 8.57. The molecule has 0 saturated carbocycles. The molecule has 2 aromatic carbocycles. The summed E-state index contributed by atoms with van der Waals surface area (Å²) < 4.78 is 5.95. The lowest BCUT2D eigenvalue weighted by Gasteiger charge is -2.31. The van der Waals surface area contributed by atoms with Gasteiger partial charge in [-0.25, -0.2) is 0 Å². The van der Waals surface area contributed by atoms with Crippen LogP contribution < -0.4 is 10.1 Å². The molecule has 0 aliphatic heterocycles. The Kier molecular flexibility index (Phi) is 9.76. The van der Waals surface area contributed by atoms with E-state index < -0.39 is 6.04 Å². The fourth-order valence-corrected chi connectivity index (χ4v) is 3.81. The number of hydrogen-bond acceptors (Lipinski definition) is 3. The molecule has 32 heavy (non-hydrogen) atoms. The van der Waals surface area contributed by atoms with E-state index in [0.29, 0.717) is 25.3 Å². The van der Waals surface area contributed by atoms with Gasteiger partial charge in [0.15, 0.2) is 6.61 Å². The molecule has 0 unspecified atom stereocenters. The van der Waals surface area contributed by atoms with Gasteiger partial charge in [-0.3, -0.25) is 9.59 Å². The first-order valence-corrected chi connectivity index (χ1v) is 11.6. The molecular formula is C27H38N2O3. The third-order valence-corrected chi connectivity index (χ3v) is 5.77. The smallest absolute Gasteiger partial charge is 0.261 e. The predicted octanol–water partition coefficient (Wildman–Crippen LogP) is 5.02.